The van der Waals surface area contributed by atoms with E-state index < -0.39 is 0 Å². The van der Waals surface area contributed by atoms with Crippen LogP contribution in [-0.2, 0) is 6.54 Å². The number of likely N-dealkylation sites (tertiary alicyclic amines) is 1. The van der Waals surface area contributed by atoms with Crippen molar-refractivity contribution < 1.29 is 5.11 Å². The van der Waals surface area contributed by atoms with Gasteiger partial charge in [0.1, 0.15) is 5.75 Å². The molecule has 2 fully saturated rings. The molecule has 92 valence electrons. The zero-order valence-corrected chi connectivity index (χ0v) is 10.1. The van der Waals surface area contributed by atoms with E-state index in [1.54, 1.807) is 6.07 Å². The van der Waals surface area contributed by atoms with Gasteiger partial charge in [-0.3, -0.25) is 4.90 Å². The first-order valence-corrected chi connectivity index (χ1v) is 6.56. The third kappa shape index (κ3) is 2.79. The van der Waals surface area contributed by atoms with E-state index in [-0.39, 0.29) is 0 Å². The highest BCUT2D eigenvalue weighted by atomic mass is 16.3. The molecule has 1 aliphatic heterocycles. The van der Waals surface area contributed by atoms with Gasteiger partial charge in [0, 0.05) is 31.7 Å². The van der Waals surface area contributed by atoms with Gasteiger partial charge in [0.05, 0.1) is 0 Å². The lowest BCUT2D eigenvalue weighted by atomic mass is 10.2. The minimum absolute atomic E-state index is 0.357. The van der Waals surface area contributed by atoms with Gasteiger partial charge >= 0.3 is 0 Å². The molecule has 3 rings (SSSR count). The molecule has 0 amide bonds. The fourth-order valence-electron chi connectivity index (χ4n) is 2.65. The molecule has 1 saturated carbocycles. The normalized spacial score (nSPS) is 25.3. The number of aromatic hydroxyl groups is 1. The largest absolute Gasteiger partial charge is 0.508 e. The molecule has 3 nitrogen and oxygen atoms in total. The molecular weight excluding hydrogens is 212 g/mol. The monoisotopic (exact) mass is 232 g/mol. The molecule has 1 unspecified atom stereocenters. The van der Waals surface area contributed by atoms with Gasteiger partial charge in [-0.05, 0) is 37.0 Å². The average Bonchev–Trinajstić information content (AvgIpc) is 3.07. The van der Waals surface area contributed by atoms with Gasteiger partial charge < -0.3 is 10.4 Å². The predicted octanol–water partition coefficient (Wildman–Crippen LogP) is 1.72. The molecule has 0 aromatic heterocycles. The van der Waals surface area contributed by atoms with Crippen LogP contribution < -0.4 is 5.32 Å². The molecule has 1 heterocycles. The second-order valence-electron chi connectivity index (χ2n) is 5.26. The van der Waals surface area contributed by atoms with Crippen LogP contribution in [0.25, 0.3) is 0 Å². The van der Waals surface area contributed by atoms with E-state index in [9.17, 15) is 5.11 Å². The second kappa shape index (κ2) is 4.67. The molecule has 0 radical (unpaired) electrons. The van der Waals surface area contributed by atoms with Crippen molar-refractivity contribution in [2.24, 2.45) is 0 Å². The minimum Gasteiger partial charge on any atom is -0.508 e. The highest BCUT2D eigenvalue weighted by Gasteiger charge is 2.33. The smallest absolute Gasteiger partial charge is 0.115 e. The Morgan fingerprint density at radius 1 is 1.29 bits per heavy atom. The molecule has 2 aliphatic rings. The maximum atomic E-state index is 9.39. The van der Waals surface area contributed by atoms with Gasteiger partial charge in [0.25, 0.3) is 0 Å². The van der Waals surface area contributed by atoms with Crippen LogP contribution in [0.3, 0.4) is 0 Å². The summed E-state index contributed by atoms with van der Waals surface area (Å²) in [7, 11) is 0. The van der Waals surface area contributed by atoms with Crippen LogP contribution in [0.1, 0.15) is 24.8 Å². The number of nitrogens with zero attached hydrogens (tertiary/aromatic N) is 1. The molecule has 2 N–H and O–H groups in total. The van der Waals surface area contributed by atoms with Crippen molar-refractivity contribution in [1.82, 2.24) is 10.2 Å². The molecule has 1 saturated heterocycles. The standard InChI is InChI=1S/C14H20N2O/c17-14-3-1-2-11(8-14)9-15-12-6-7-16(10-12)13-4-5-13/h1-3,8,12-13,15,17H,4-7,9-10H2. The van der Waals surface area contributed by atoms with Crippen molar-refractivity contribution in [1.29, 1.82) is 0 Å². The molecule has 0 bridgehead atoms. The summed E-state index contributed by atoms with van der Waals surface area (Å²) in [5.41, 5.74) is 1.16. The summed E-state index contributed by atoms with van der Waals surface area (Å²) in [5, 5.41) is 13.0. The summed E-state index contributed by atoms with van der Waals surface area (Å²) in [6, 6.07) is 9.02. The van der Waals surface area contributed by atoms with Crippen LogP contribution in [0.15, 0.2) is 24.3 Å². The molecule has 1 aliphatic carbocycles. The fourth-order valence-corrected chi connectivity index (χ4v) is 2.65. The highest BCUT2D eigenvalue weighted by molar-refractivity contribution is 5.26. The van der Waals surface area contributed by atoms with E-state index in [4.69, 9.17) is 0 Å². The molecule has 1 aromatic rings. The Hall–Kier alpha value is -1.06. The van der Waals surface area contributed by atoms with E-state index in [1.807, 2.05) is 12.1 Å². The average molecular weight is 232 g/mol. The predicted molar refractivity (Wildman–Crippen MR) is 67.9 cm³/mol. The molecule has 0 spiro atoms. The maximum absolute atomic E-state index is 9.39. The van der Waals surface area contributed by atoms with Gasteiger partial charge in [-0.15, -0.1) is 0 Å². The van der Waals surface area contributed by atoms with Crippen molar-refractivity contribution in [2.75, 3.05) is 13.1 Å². The lowest BCUT2D eigenvalue weighted by Gasteiger charge is -2.15. The Morgan fingerprint density at radius 2 is 2.18 bits per heavy atom. The van der Waals surface area contributed by atoms with Crippen molar-refractivity contribution in [3.8, 4) is 5.75 Å². The summed E-state index contributed by atoms with van der Waals surface area (Å²) >= 11 is 0. The zero-order chi connectivity index (χ0) is 11.7. The van der Waals surface area contributed by atoms with Crippen molar-refractivity contribution >= 4 is 0 Å². The van der Waals surface area contributed by atoms with E-state index in [2.05, 4.69) is 16.3 Å². The van der Waals surface area contributed by atoms with Crippen molar-refractivity contribution in [3.05, 3.63) is 29.8 Å². The minimum atomic E-state index is 0.357. The molecule has 1 atom stereocenters. The van der Waals surface area contributed by atoms with Crippen LogP contribution in [-0.4, -0.2) is 35.2 Å². The number of hydrogen-bond donors (Lipinski definition) is 2. The first kappa shape index (κ1) is 11.1. The van der Waals surface area contributed by atoms with Gasteiger partial charge in [0.2, 0.25) is 0 Å². The Balaban J connectivity index is 1.48. The van der Waals surface area contributed by atoms with E-state index in [0.29, 0.717) is 11.8 Å². The lowest BCUT2D eigenvalue weighted by Crippen LogP contribution is -2.32. The first-order valence-electron chi connectivity index (χ1n) is 6.56. The number of nitrogens with one attached hydrogen (secondary N) is 1. The van der Waals surface area contributed by atoms with Crippen LogP contribution in [0.2, 0.25) is 0 Å². The third-order valence-corrected chi connectivity index (χ3v) is 3.79. The van der Waals surface area contributed by atoms with Crippen molar-refractivity contribution in [3.63, 3.8) is 0 Å². The van der Waals surface area contributed by atoms with Crippen LogP contribution in [0, 0.1) is 0 Å². The topological polar surface area (TPSA) is 35.5 Å². The number of hydrogen-bond acceptors (Lipinski definition) is 3. The Morgan fingerprint density at radius 3 is 2.94 bits per heavy atom. The maximum Gasteiger partial charge on any atom is 0.115 e. The summed E-state index contributed by atoms with van der Waals surface area (Å²) in [4.78, 5) is 2.61. The zero-order valence-electron chi connectivity index (χ0n) is 10.1. The number of phenolic OH excluding ortho intramolecular Hbond substituents is 1. The number of benzene rings is 1. The van der Waals surface area contributed by atoms with E-state index >= 15 is 0 Å². The summed E-state index contributed by atoms with van der Waals surface area (Å²) in [6.45, 7) is 3.31. The fraction of sp³-hybridized carbons (Fsp3) is 0.571. The molecular formula is C14H20N2O. The Labute approximate surface area is 102 Å². The molecule has 3 heteroatoms. The second-order valence-corrected chi connectivity index (χ2v) is 5.26. The van der Waals surface area contributed by atoms with Gasteiger partial charge in [0.15, 0.2) is 0 Å². The van der Waals surface area contributed by atoms with Gasteiger partial charge in [-0.1, -0.05) is 12.1 Å². The third-order valence-electron chi connectivity index (χ3n) is 3.79. The van der Waals surface area contributed by atoms with Crippen molar-refractivity contribution in [2.45, 2.75) is 37.9 Å². The number of rotatable bonds is 4. The lowest BCUT2D eigenvalue weighted by molar-refractivity contribution is 0.317. The van der Waals surface area contributed by atoms with Crippen LogP contribution in [0.5, 0.6) is 5.75 Å². The van der Waals surface area contributed by atoms with E-state index in [1.165, 1.54) is 32.4 Å². The van der Waals surface area contributed by atoms with Gasteiger partial charge in [-0.25, -0.2) is 0 Å². The quantitative estimate of drug-likeness (QED) is 0.829. The van der Waals surface area contributed by atoms with Crippen LogP contribution in [0.4, 0.5) is 0 Å². The summed E-state index contributed by atoms with van der Waals surface area (Å²) in [6.07, 6.45) is 4.06. The SMILES string of the molecule is Oc1cccc(CNC2CCN(C3CC3)C2)c1. The Kier molecular flexibility index (Phi) is 3.04. The Bertz CT molecular complexity index is 390. The molecule has 1 aromatic carbocycles. The summed E-state index contributed by atoms with van der Waals surface area (Å²) < 4.78 is 0. The van der Waals surface area contributed by atoms with Gasteiger partial charge in [-0.2, -0.15) is 0 Å². The molecule has 17 heavy (non-hydrogen) atoms. The van der Waals surface area contributed by atoms with Crippen LogP contribution >= 0.6 is 0 Å². The summed E-state index contributed by atoms with van der Waals surface area (Å²) in [5.74, 6) is 0.357. The highest BCUT2D eigenvalue weighted by Crippen LogP contribution is 2.29. The van der Waals surface area contributed by atoms with E-state index in [0.717, 1.165) is 18.2 Å². The number of phenols is 1. The first-order chi connectivity index (χ1) is 8.31.